The van der Waals surface area contributed by atoms with Gasteiger partial charge in [-0.05, 0) is 24.3 Å². The molecule has 0 aliphatic carbocycles. The molecule has 0 saturated heterocycles. The summed E-state index contributed by atoms with van der Waals surface area (Å²) < 4.78 is 0.769. The van der Waals surface area contributed by atoms with Gasteiger partial charge in [0.1, 0.15) is 0 Å². The molecule has 1 rings (SSSR count). The van der Waals surface area contributed by atoms with Gasteiger partial charge in [-0.2, -0.15) is 0 Å². The average Bonchev–Trinajstić information content (AvgIpc) is 2.22. The van der Waals surface area contributed by atoms with Crippen molar-refractivity contribution in [2.45, 2.75) is 0 Å². The van der Waals surface area contributed by atoms with Crippen molar-refractivity contribution in [2.75, 3.05) is 5.32 Å². The van der Waals surface area contributed by atoms with Crippen LogP contribution in [-0.2, 0) is 17.4 Å². The Bertz CT molecular complexity index is 487. The minimum atomic E-state index is -0.579. The molecule has 1 N–H and O–H groups in total. The molecule has 0 spiro atoms. The van der Waals surface area contributed by atoms with Gasteiger partial charge in [-0.1, -0.05) is 15.9 Å². The fourth-order valence-corrected chi connectivity index (χ4v) is 1.46. The quantitative estimate of drug-likeness (QED) is 0.200. The maximum atomic E-state index is 11.5. The summed E-state index contributed by atoms with van der Waals surface area (Å²) >= 11 is 12.5. The zero-order valence-corrected chi connectivity index (χ0v) is 17.1. The van der Waals surface area contributed by atoms with Crippen LogP contribution in [0.2, 0.25) is 0 Å². The molecule has 0 radical (unpaired) electrons. The van der Waals surface area contributed by atoms with Crippen LogP contribution >= 0.6 is 28.1 Å². The molecule has 18 heavy (non-hydrogen) atoms. The van der Waals surface area contributed by atoms with E-state index >= 15 is 0 Å². The van der Waals surface area contributed by atoms with Crippen molar-refractivity contribution in [3.63, 3.8) is 0 Å². The second-order valence-corrected chi connectivity index (χ2v) is 4.73. The number of hydrogen-bond acceptors (Lipinski definition) is 3. The molecule has 1 aromatic carbocycles. The normalized spacial score (nSPS) is 8.06. The average molecular weight is 359 g/mol. The molecular formula is C10H5BrN2Na2OS2. The Morgan fingerprint density at radius 3 is 2.22 bits per heavy atom. The van der Waals surface area contributed by atoms with E-state index in [1.165, 1.54) is 0 Å². The van der Waals surface area contributed by atoms with Gasteiger partial charge in [0.15, 0.2) is 0 Å². The van der Waals surface area contributed by atoms with Gasteiger partial charge < -0.3 is 35.6 Å². The number of thiocarbonyl (C=S) groups is 1. The molecule has 0 saturated carbocycles. The number of carbonyl (C=O) groups excluding carboxylic acids is 1. The summed E-state index contributed by atoms with van der Waals surface area (Å²) in [6.45, 7) is 0. The van der Waals surface area contributed by atoms with E-state index < -0.39 is 5.91 Å². The second kappa shape index (κ2) is 10.7. The summed E-state index contributed by atoms with van der Waals surface area (Å²) in [4.78, 5) is 11.5. The monoisotopic (exact) mass is 358 g/mol. The molecule has 0 heterocycles. The third-order valence-electron chi connectivity index (χ3n) is 1.65. The molecule has 0 bridgehead atoms. The van der Waals surface area contributed by atoms with Gasteiger partial charge in [-0.15, -0.1) is 4.20 Å². The Labute approximate surface area is 169 Å². The van der Waals surface area contributed by atoms with E-state index in [2.05, 4.69) is 46.1 Å². The topological polar surface area (TPSA) is 51.4 Å². The van der Waals surface area contributed by atoms with Gasteiger partial charge in [-0.25, -0.2) is 0 Å². The number of rotatable bonds is 3. The minimum absolute atomic E-state index is 0. The maximum absolute atomic E-state index is 11.5. The van der Waals surface area contributed by atoms with E-state index in [4.69, 9.17) is 5.41 Å². The Kier molecular flexibility index (Phi) is 12.6. The van der Waals surface area contributed by atoms with Crippen molar-refractivity contribution in [1.29, 1.82) is 0 Å². The van der Waals surface area contributed by atoms with E-state index in [0.29, 0.717) is 5.69 Å². The molecule has 0 aliphatic rings. The van der Waals surface area contributed by atoms with Crippen LogP contribution in [-0.4, -0.2) is 16.0 Å². The Hall–Kier alpha value is 0.930. The number of carbonyl (C=O) groups is 1. The van der Waals surface area contributed by atoms with Crippen LogP contribution < -0.4 is 64.4 Å². The van der Waals surface area contributed by atoms with Crippen LogP contribution in [0.3, 0.4) is 0 Å². The van der Waals surface area contributed by atoms with Crippen LogP contribution in [0.1, 0.15) is 0 Å². The molecule has 3 nitrogen and oxygen atoms in total. The van der Waals surface area contributed by atoms with Crippen molar-refractivity contribution in [1.82, 2.24) is 0 Å². The van der Waals surface area contributed by atoms with Crippen LogP contribution in [0.4, 0.5) is 5.69 Å². The molecule has 82 valence electrons. The zero-order valence-electron chi connectivity index (χ0n) is 9.86. The fraction of sp³-hybridized carbons (Fsp3) is 0. The molecule has 8 heteroatoms. The minimum Gasteiger partial charge on any atom is -0.763 e. The second-order valence-electron chi connectivity index (χ2n) is 2.74. The van der Waals surface area contributed by atoms with Crippen molar-refractivity contribution >= 4 is 62.4 Å². The van der Waals surface area contributed by atoms with Gasteiger partial charge in [0, 0.05) is 15.7 Å². The van der Waals surface area contributed by atoms with Gasteiger partial charge in [0.25, 0.3) is 5.91 Å². The summed E-state index contributed by atoms with van der Waals surface area (Å²) in [5, 5.41) is 11.2. The van der Waals surface area contributed by atoms with Gasteiger partial charge >= 0.3 is 59.1 Å². The Morgan fingerprint density at radius 1 is 1.33 bits per heavy atom. The largest absolute Gasteiger partial charge is 1.00 e. The number of anilines is 1. The van der Waals surface area contributed by atoms with Crippen molar-refractivity contribution in [3.8, 4) is 0 Å². The first-order chi connectivity index (χ1) is 7.54. The molecule has 0 aliphatic heterocycles. The van der Waals surface area contributed by atoms with Crippen molar-refractivity contribution in [3.05, 3.63) is 39.7 Å². The maximum Gasteiger partial charge on any atom is 1.00 e. The predicted octanol–water partition coefficient (Wildman–Crippen LogP) is -3.56. The first-order valence-corrected chi connectivity index (χ1v) is 5.71. The summed E-state index contributed by atoms with van der Waals surface area (Å²) in [5.41, 5.74) is 0.361. The van der Waals surface area contributed by atoms with Gasteiger partial charge in [-0.3, -0.25) is 10.7 Å². The first-order valence-electron chi connectivity index (χ1n) is 4.10. The third kappa shape index (κ3) is 6.91. The summed E-state index contributed by atoms with van der Waals surface area (Å²) in [7, 11) is 0. The van der Waals surface area contributed by atoms with Crippen LogP contribution in [0.5, 0.6) is 0 Å². The van der Waals surface area contributed by atoms with E-state index in [1.54, 1.807) is 30.1 Å². The zero-order chi connectivity index (χ0) is 12.1. The molecule has 1 aromatic rings. The number of hydrogen-bond donors (Lipinski definition) is 1. The number of amides is 1. The molecule has 0 unspecified atom stereocenters. The van der Waals surface area contributed by atoms with E-state index in [0.717, 1.165) is 4.47 Å². The summed E-state index contributed by atoms with van der Waals surface area (Å²) in [6.07, 6.45) is 0. The first kappa shape index (κ1) is 21.2. The van der Waals surface area contributed by atoms with Gasteiger partial charge in [0.2, 0.25) is 0 Å². The molecule has 0 aromatic heterocycles. The number of nitrogens with one attached hydrogen (secondary N) is 1. The van der Waals surface area contributed by atoms with Crippen LogP contribution in [0.25, 0.3) is 5.41 Å². The van der Waals surface area contributed by atoms with Crippen molar-refractivity contribution in [2.24, 2.45) is 0 Å². The summed E-state index contributed by atoms with van der Waals surface area (Å²) in [5.74, 6) is 1.10. The molecule has 1 amide bonds. The Balaban J connectivity index is 0. The number of nitrogens with zero attached hydrogens (tertiary/aromatic N) is 1. The predicted molar refractivity (Wildman–Crippen MR) is 74.6 cm³/mol. The Morgan fingerprint density at radius 2 is 1.83 bits per heavy atom. The van der Waals surface area contributed by atoms with Crippen LogP contribution in [0, 0.1) is 0 Å². The SMILES string of the molecule is [N-]=C=C(C(=O)Nc1ccc(Br)cc1)C(=S)[S-].[Na+].[Na+]. The van der Waals surface area contributed by atoms with E-state index in [-0.39, 0.29) is 68.9 Å². The number of benzene rings is 1. The van der Waals surface area contributed by atoms with Crippen molar-refractivity contribution < 1.29 is 63.9 Å². The third-order valence-corrected chi connectivity index (χ3v) is 2.58. The number of halogens is 1. The molecular weight excluding hydrogens is 354 g/mol. The smallest absolute Gasteiger partial charge is 0.763 e. The van der Waals surface area contributed by atoms with E-state index in [1.807, 2.05) is 0 Å². The van der Waals surface area contributed by atoms with E-state index in [9.17, 15) is 4.79 Å². The van der Waals surface area contributed by atoms with Crippen LogP contribution in [0.15, 0.2) is 34.3 Å². The summed E-state index contributed by atoms with van der Waals surface area (Å²) in [6, 6.07) is 6.94. The molecule has 0 fully saturated rings. The molecule has 0 atom stereocenters. The standard InChI is InChI=1S/C10H6BrN2OS2.2Na/c11-6-1-3-7(4-2-6)13-9(14)8(5-12)10(15)16;;/h1-4H,(H,13,14)(H,15,16);;/q-1;2*+1/p-1. The fourth-order valence-electron chi connectivity index (χ4n) is 0.916. The van der Waals surface area contributed by atoms with Gasteiger partial charge in [0.05, 0.1) is 0 Å².